The van der Waals surface area contributed by atoms with Crippen molar-refractivity contribution in [1.29, 1.82) is 0 Å². The molecule has 0 aromatic heterocycles. The van der Waals surface area contributed by atoms with Crippen molar-refractivity contribution in [2.24, 2.45) is 5.41 Å². The molecule has 2 aromatic rings. The zero-order chi connectivity index (χ0) is 37.1. The lowest BCUT2D eigenvalue weighted by Gasteiger charge is -2.35. The molecule has 2 aliphatic heterocycles. The van der Waals surface area contributed by atoms with E-state index in [4.69, 9.17) is 21.2 Å². The van der Waals surface area contributed by atoms with Crippen LogP contribution in [0.2, 0.25) is 5.02 Å². The Kier molecular flexibility index (Phi) is 11.3. The fourth-order valence-corrected chi connectivity index (χ4v) is 6.30. The summed E-state index contributed by atoms with van der Waals surface area (Å²) in [7, 11) is 0. The van der Waals surface area contributed by atoms with Gasteiger partial charge in [-0.15, -0.1) is 0 Å². The van der Waals surface area contributed by atoms with Gasteiger partial charge in [0.05, 0.1) is 18.3 Å². The number of carbonyl (C=O) groups is 5. The second-order valence-electron chi connectivity index (χ2n) is 14.3. The van der Waals surface area contributed by atoms with Crippen LogP contribution in [0.25, 0.3) is 5.70 Å². The second kappa shape index (κ2) is 15.4. The Morgan fingerprint density at radius 2 is 1.78 bits per heavy atom. The Balaban J connectivity index is 1.40. The van der Waals surface area contributed by atoms with Crippen LogP contribution >= 0.6 is 11.6 Å². The number of amides is 4. The van der Waals surface area contributed by atoms with E-state index in [1.165, 1.54) is 4.90 Å². The van der Waals surface area contributed by atoms with Gasteiger partial charge < -0.3 is 25.6 Å². The van der Waals surface area contributed by atoms with Crippen LogP contribution < -0.4 is 21.4 Å². The molecule has 0 radical (unpaired) electrons. The molecule has 4 N–H and O–H groups in total. The fourth-order valence-electron chi connectivity index (χ4n) is 6.11. The molecule has 15 heteroatoms. The fraction of sp³-hybridized carbons (Fsp3) is 0.472. The average molecular weight is 730 g/mol. The Morgan fingerprint density at radius 3 is 2.41 bits per heavy atom. The summed E-state index contributed by atoms with van der Waals surface area (Å²) in [6.07, 6.45) is 2.95. The van der Waals surface area contributed by atoms with E-state index in [-0.39, 0.29) is 31.0 Å². The van der Waals surface area contributed by atoms with Crippen LogP contribution in [0.3, 0.4) is 0 Å². The first-order chi connectivity index (χ1) is 24.1. The highest BCUT2D eigenvalue weighted by Crippen LogP contribution is 2.39. The van der Waals surface area contributed by atoms with E-state index in [0.29, 0.717) is 28.8 Å². The standard InChI is InChI=1S/C36H42ClF2N5O7/c1-5-7-26(29(45)32(47)40-25-10-11-25)41-31(46)28-17-36(16-27(43-51-36)21-8-6-9-22(37)14-21)19-44(28)33(48)30(35(2,3)4)42-34(49)50-18-20-12-23(38)15-24(39)13-20/h6,8-9,12-16,25-26,28,30,43H,5,7,10-11,17-19H2,1-4H3,(H,40,47)(H,41,46)(H,42,49)/t26-,28-,30+,36+/m0/s1. The van der Waals surface area contributed by atoms with Crippen LogP contribution in [0.1, 0.15) is 70.9 Å². The SMILES string of the molecule is CCC[C@H](NC(=O)[C@@H]1C[C@]2(C=C(c3cccc(Cl)c3)NO2)CN1C(=O)[C@@H](NC(=O)OCc1cc(F)cc(F)c1)C(C)(C)C)C(=O)C(=O)NC1CC1. The van der Waals surface area contributed by atoms with Gasteiger partial charge in [-0.2, -0.15) is 0 Å². The number of benzene rings is 2. The highest BCUT2D eigenvalue weighted by Gasteiger charge is 2.54. The number of carbonyl (C=O) groups excluding carboxylic acids is 5. The summed E-state index contributed by atoms with van der Waals surface area (Å²) in [5.41, 5.74) is 2.09. The smallest absolute Gasteiger partial charge is 0.408 e. The lowest BCUT2D eigenvalue weighted by Crippen LogP contribution is -2.59. The van der Waals surface area contributed by atoms with Crippen LogP contribution in [0.5, 0.6) is 0 Å². The van der Waals surface area contributed by atoms with Gasteiger partial charge in [0, 0.05) is 29.1 Å². The number of ether oxygens (including phenoxy) is 1. The Hall–Kier alpha value is -4.56. The predicted molar refractivity (Wildman–Crippen MR) is 182 cm³/mol. The summed E-state index contributed by atoms with van der Waals surface area (Å²) in [6.45, 7) is 6.34. The molecule has 0 bridgehead atoms. The van der Waals surface area contributed by atoms with Gasteiger partial charge in [0.25, 0.3) is 5.91 Å². The van der Waals surface area contributed by atoms with Crippen molar-refractivity contribution in [3.63, 3.8) is 0 Å². The van der Waals surface area contributed by atoms with Crippen LogP contribution in [0.4, 0.5) is 13.6 Å². The van der Waals surface area contributed by atoms with Crippen molar-refractivity contribution in [3.8, 4) is 0 Å². The van der Waals surface area contributed by atoms with E-state index >= 15 is 0 Å². The highest BCUT2D eigenvalue weighted by atomic mass is 35.5. The van der Waals surface area contributed by atoms with Gasteiger partial charge in [-0.1, -0.05) is 57.8 Å². The number of Topliss-reactive ketones (excluding diaryl/α,β-unsaturated/α-hetero) is 1. The van der Waals surface area contributed by atoms with Crippen molar-refractivity contribution in [2.75, 3.05) is 6.54 Å². The summed E-state index contributed by atoms with van der Waals surface area (Å²) < 4.78 is 32.6. The minimum Gasteiger partial charge on any atom is -0.445 e. The lowest BCUT2D eigenvalue weighted by atomic mass is 9.85. The third-order valence-electron chi connectivity index (χ3n) is 8.86. The maximum absolute atomic E-state index is 14.5. The van der Waals surface area contributed by atoms with Crippen molar-refractivity contribution in [2.45, 2.75) is 96.2 Å². The van der Waals surface area contributed by atoms with Gasteiger partial charge in [0.2, 0.25) is 17.6 Å². The Morgan fingerprint density at radius 1 is 1.08 bits per heavy atom. The molecular formula is C36H42ClF2N5O7. The molecular weight excluding hydrogens is 688 g/mol. The molecule has 12 nitrogen and oxygen atoms in total. The number of halogens is 3. The number of nitrogens with zero attached hydrogens (tertiary/aromatic N) is 1. The minimum atomic E-state index is -1.25. The molecule has 51 heavy (non-hydrogen) atoms. The van der Waals surface area contributed by atoms with Gasteiger partial charge in [-0.25, -0.2) is 13.6 Å². The molecule has 0 unspecified atom stereocenters. The summed E-state index contributed by atoms with van der Waals surface area (Å²) in [4.78, 5) is 74.6. The monoisotopic (exact) mass is 729 g/mol. The van der Waals surface area contributed by atoms with Crippen LogP contribution in [0, 0.1) is 17.0 Å². The van der Waals surface area contributed by atoms with Gasteiger partial charge in [0.1, 0.15) is 35.9 Å². The first-order valence-electron chi connectivity index (χ1n) is 16.8. The summed E-state index contributed by atoms with van der Waals surface area (Å²) in [6, 6.07) is 6.11. The second-order valence-corrected chi connectivity index (χ2v) is 14.7. The maximum atomic E-state index is 14.5. The summed E-state index contributed by atoms with van der Waals surface area (Å²) in [5.74, 6) is -4.56. The quantitative estimate of drug-likeness (QED) is 0.236. The molecule has 1 aliphatic carbocycles. The van der Waals surface area contributed by atoms with Crippen molar-refractivity contribution < 1.29 is 42.3 Å². The molecule has 1 saturated carbocycles. The van der Waals surface area contributed by atoms with E-state index in [2.05, 4.69) is 21.4 Å². The molecule has 3 aliphatic rings. The molecule has 2 fully saturated rings. The first kappa shape index (κ1) is 37.7. The lowest BCUT2D eigenvalue weighted by molar-refractivity contribution is -0.144. The van der Waals surface area contributed by atoms with E-state index in [1.54, 1.807) is 45.0 Å². The number of likely N-dealkylation sites (tertiary alicyclic amines) is 1. The molecule has 1 spiro atoms. The van der Waals surface area contributed by atoms with E-state index in [0.717, 1.165) is 25.0 Å². The first-order valence-corrected chi connectivity index (χ1v) is 17.2. The van der Waals surface area contributed by atoms with Crippen molar-refractivity contribution >= 4 is 46.9 Å². The number of alkyl carbamates (subject to hydrolysis) is 1. The van der Waals surface area contributed by atoms with Gasteiger partial charge >= 0.3 is 6.09 Å². The Bertz CT molecular complexity index is 1710. The number of hydrogen-bond donors (Lipinski definition) is 4. The summed E-state index contributed by atoms with van der Waals surface area (Å²) in [5, 5.41) is 8.43. The van der Waals surface area contributed by atoms with Crippen molar-refractivity contribution in [1.82, 2.24) is 26.3 Å². The zero-order valence-corrected chi connectivity index (χ0v) is 29.6. The molecule has 4 amide bonds. The highest BCUT2D eigenvalue weighted by molar-refractivity contribution is 6.38. The third-order valence-corrected chi connectivity index (χ3v) is 9.10. The summed E-state index contributed by atoms with van der Waals surface area (Å²) >= 11 is 6.21. The van der Waals surface area contributed by atoms with Crippen LogP contribution in [0.15, 0.2) is 48.5 Å². The van der Waals surface area contributed by atoms with E-state index in [9.17, 15) is 32.8 Å². The number of hydrogen-bond acceptors (Lipinski definition) is 8. The number of rotatable bonds is 12. The number of nitrogens with one attached hydrogen (secondary N) is 4. The molecule has 274 valence electrons. The average Bonchev–Trinajstić information content (AvgIpc) is 3.65. The van der Waals surface area contributed by atoms with E-state index < -0.39 is 77.0 Å². The van der Waals surface area contributed by atoms with E-state index in [1.807, 2.05) is 13.0 Å². The maximum Gasteiger partial charge on any atom is 0.408 e. The third kappa shape index (κ3) is 9.41. The molecule has 2 heterocycles. The normalized spacial score (nSPS) is 21.0. The number of ketones is 1. The Labute approximate surface area is 299 Å². The van der Waals surface area contributed by atoms with Gasteiger partial charge in [0.15, 0.2) is 0 Å². The molecule has 2 aromatic carbocycles. The van der Waals surface area contributed by atoms with Crippen molar-refractivity contribution in [3.05, 3.63) is 76.3 Å². The largest absolute Gasteiger partial charge is 0.445 e. The van der Waals surface area contributed by atoms with Crippen LogP contribution in [-0.2, 0) is 35.4 Å². The molecule has 5 rings (SSSR count). The molecule has 4 atom stereocenters. The van der Waals surface area contributed by atoms with Crippen LogP contribution in [-0.4, -0.2) is 70.8 Å². The molecule has 1 saturated heterocycles. The zero-order valence-electron chi connectivity index (χ0n) is 28.8. The van der Waals surface area contributed by atoms with Gasteiger partial charge in [-0.3, -0.25) is 29.5 Å². The topological polar surface area (TPSA) is 155 Å². The minimum absolute atomic E-state index is 0.0324. The predicted octanol–water partition coefficient (Wildman–Crippen LogP) is 4.31. The van der Waals surface area contributed by atoms with Gasteiger partial charge in [-0.05, 0) is 60.6 Å². The number of hydroxylamine groups is 1.